The maximum Gasteiger partial charge on any atom is 0.238 e. The molecule has 1 atom stereocenters. The molecule has 5 nitrogen and oxygen atoms in total. The lowest BCUT2D eigenvalue weighted by Gasteiger charge is -2.21. The van der Waals surface area contributed by atoms with E-state index in [1.165, 1.54) is 6.07 Å². The Kier molecular flexibility index (Phi) is 7.43. The number of rotatable bonds is 8. The van der Waals surface area contributed by atoms with Crippen LogP contribution in [0.15, 0.2) is 48.5 Å². The molecule has 0 fully saturated rings. The molecule has 2 aromatic carbocycles. The molecule has 0 aliphatic rings. The molecule has 2 aromatic rings. The molecule has 0 saturated heterocycles. The van der Waals surface area contributed by atoms with Crippen molar-refractivity contribution >= 4 is 17.5 Å². The number of carbonyl (C=O) groups is 2. The van der Waals surface area contributed by atoms with E-state index in [1.807, 2.05) is 37.3 Å². The van der Waals surface area contributed by atoms with E-state index < -0.39 is 23.2 Å². The van der Waals surface area contributed by atoms with Crippen molar-refractivity contribution in [1.29, 1.82) is 0 Å². The monoisotopic (exact) mass is 375 g/mol. The van der Waals surface area contributed by atoms with Crippen LogP contribution in [0, 0.1) is 11.6 Å². The van der Waals surface area contributed by atoms with Crippen LogP contribution >= 0.6 is 0 Å². The van der Waals surface area contributed by atoms with Crippen molar-refractivity contribution in [3.8, 4) is 0 Å². The van der Waals surface area contributed by atoms with Gasteiger partial charge < -0.3 is 10.6 Å². The second kappa shape index (κ2) is 9.78. The Hall–Kier alpha value is -2.80. The van der Waals surface area contributed by atoms with E-state index in [-0.39, 0.29) is 25.0 Å². The number of hydrogen-bond donors (Lipinski definition) is 2. The van der Waals surface area contributed by atoms with Gasteiger partial charge in [-0.3, -0.25) is 14.5 Å². The first-order valence-electron chi connectivity index (χ1n) is 8.71. The first-order chi connectivity index (χ1) is 12.9. The summed E-state index contributed by atoms with van der Waals surface area (Å²) in [7, 11) is 0. The molecule has 27 heavy (non-hydrogen) atoms. The SMILES string of the molecule is CCN(CC(=O)Nc1c(F)cccc1F)CC(=O)NC(C)c1ccccc1. The van der Waals surface area contributed by atoms with E-state index in [2.05, 4.69) is 10.6 Å². The Morgan fingerprint density at radius 1 is 0.963 bits per heavy atom. The summed E-state index contributed by atoms with van der Waals surface area (Å²) in [6.07, 6.45) is 0. The van der Waals surface area contributed by atoms with E-state index in [0.717, 1.165) is 17.7 Å². The Balaban J connectivity index is 1.89. The van der Waals surface area contributed by atoms with E-state index in [4.69, 9.17) is 0 Å². The van der Waals surface area contributed by atoms with Crippen LogP contribution in [-0.4, -0.2) is 36.3 Å². The normalized spacial score (nSPS) is 11.9. The summed E-state index contributed by atoms with van der Waals surface area (Å²) < 4.78 is 27.2. The van der Waals surface area contributed by atoms with Crippen molar-refractivity contribution < 1.29 is 18.4 Å². The number of nitrogens with zero attached hydrogens (tertiary/aromatic N) is 1. The van der Waals surface area contributed by atoms with Crippen LogP contribution in [0.3, 0.4) is 0 Å². The first kappa shape index (κ1) is 20.5. The molecule has 2 N–H and O–H groups in total. The number of carbonyl (C=O) groups excluding carboxylic acids is 2. The molecule has 0 heterocycles. The van der Waals surface area contributed by atoms with Crippen molar-refractivity contribution in [2.24, 2.45) is 0 Å². The summed E-state index contributed by atoms with van der Waals surface area (Å²) in [6, 6.07) is 12.7. The number of amides is 2. The quantitative estimate of drug-likeness (QED) is 0.745. The molecule has 0 aliphatic carbocycles. The van der Waals surface area contributed by atoms with Crippen molar-refractivity contribution in [2.75, 3.05) is 25.0 Å². The molecular weight excluding hydrogens is 352 g/mol. The topological polar surface area (TPSA) is 61.4 Å². The van der Waals surface area contributed by atoms with Gasteiger partial charge in [0.15, 0.2) is 0 Å². The van der Waals surface area contributed by atoms with Gasteiger partial charge in [0.2, 0.25) is 11.8 Å². The summed E-state index contributed by atoms with van der Waals surface area (Å²) in [4.78, 5) is 25.9. The third kappa shape index (κ3) is 6.14. The second-order valence-corrected chi connectivity index (χ2v) is 6.15. The highest BCUT2D eigenvalue weighted by Gasteiger charge is 2.17. The van der Waals surface area contributed by atoms with E-state index >= 15 is 0 Å². The van der Waals surface area contributed by atoms with Crippen molar-refractivity contribution in [2.45, 2.75) is 19.9 Å². The molecule has 0 spiro atoms. The number of hydrogen-bond acceptors (Lipinski definition) is 3. The molecule has 144 valence electrons. The minimum absolute atomic E-state index is 0.000841. The second-order valence-electron chi connectivity index (χ2n) is 6.15. The zero-order valence-electron chi connectivity index (χ0n) is 15.3. The van der Waals surface area contributed by atoms with Crippen LogP contribution in [0.25, 0.3) is 0 Å². The van der Waals surface area contributed by atoms with Gasteiger partial charge in [0.05, 0.1) is 19.1 Å². The summed E-state index contributed by atoms with van der Waals surface area (Å²) in [5, 5.41) is 5.09. The number of anilines is 1. The molecule has 0 saturated carbocycles. The van der Waals surface area contributed by atoms with Crippen molar-refractivity contribution in [3.05, 3.63) is 65.7 Å². The van der Waals surface area contributed by atoms with Gasteiger partial charge in [-0.05, 0) is 31.2 Å². The Bertz CT molecular complexity index is 764. The number of nitrogens with one attached hydrogen (secondary N) is 2. The maximum absolute atomic E-state index is 13.6. The van der Waals surface area contributed by atoms with Gasteiger partial charge in [0.25, 0.3) is 0 Å². The smallest absolute Gasteiger partial charge is 0.238 e. The molecule has 0 radical (unpaired) electrons. The largest absolute Gasteiger partial charge is 0.348 e. The van der Waals surface area contributed by atoms with Crippen molar-refractivity contribution in [1.82, 2.24) is 10.2 Å². The lowest BCUT2D eigenvalue weighted by atomic mass is 10.1. The van der Waals surface area contributed by atoms with Crippen LogP contribution in [-0.2, 0) is 9.59 Å². The molecule has 0 bridgehead atoms. The average Bonchev–Trinajstić information content (AvgIpc) is 2.65. The first-order valence-corrected chi connectivity index (χ1v) is 8.71. The highest BCUT2D eigenvalue weighted by Crippen LogP contribution is 2.17. The highest BCUT2D eigenvalue weighted by molar-refractivity contribution is 5.92. The minimum atomic E-state index is -0.846. The molecule has 1 unspecified atom stereocenters. The number of likely N-dealkylation sites (N-methyl/N-ethyl adjacent to an activating group) is 1. The number of para-hydroxylation sites is 1. The van der Waals surface area contributed by atoms with Gasteiger partial charge in [-0.25, -0.2) is 8.78 Å². The molecule has 0 aromatic heterocycles. The molecular formula is C20H23F2N3O2. The number of benzene rings is 2. The van der Waals surface area contributed by atoms with Gasteiger partial charge in [-0.2, -0.15) is 0 Å². The summed E-state index contributed by atoms with van der Waals surface area (Å²) in [5.41, 5.74) is 0.488. The van der Waals surface area contributed by atoms with Gasteiger partial charge >= 0.3 is 0 Å². The summed E-state index contributed by atoms with van der Waals surface area (Å²) in [6.45, 7) is 3.95. The highest BCUT2D eigenvalue weighted by atomic mass is 19.1. The van der Waals surface area contributed by atoms with Crippen molar-refractivity contribution in [3.63, 3.8) is 0 Å². The molecule has 7 heteroatoms. The summed E-state index contributed by atoms with van der Waals surface area (Å²) in [5.74, 6) is -2.52. The molecule has 2 rings (SSSR count). The zero-order valence-corrected chi connectivity index (χ0v) is 15.3. The third-order valence-electron chi connectivity index (χ3n) is 4.09. The molecule has 2 amide bonds. The Morgan fingerprint density at radius 3 is 2.15 bits per heavy atom. The lowest BCUT2D eigenvalue weighted by molar-refractivity contribution is -0.123. The third-order valence-corrected chi connectivity index (χ3v) is 4.09. The summed E-state index contributed by atoms with van der Waals surface area (Å²) >= 11 is 0. The Morgan fingerprint density at radius 2 is 1.56 bits per heavy atom. The number of halogens is 2. The van der Waals surface area contributed by atoms with E-state index in [9.17, 15) is 18.4 Å². The van der Waals surface area contributed by atoms with Crippen LogP contribution in [0.2, 0.25) is 0 Å². The van der Waals surface area contributed by atoms with Crippen LogP contribution in [0.5, 0.6) is 0 Å². The van der Waals surface area contributed by atoms with Gasteiger partial charge in [-0.1, -0.05) is 43.3 Å². The van der Waals surface area contributed by atoms with Gasteiger partial charge in [-0.15, -0.1) is 0 Å². The average molecular weight is 375 g/mol. The van der Waals surface area contributed by atoms with E-state index in [0.29, 0.717) is 6.54 Å². The van der Waals surface area contributed by atoms with Crippen LogP contribution in [0.4, 0.5) is 14.5 Å². The Labute approximate surface area is 157 Å². The fraction of sp³-hybridized carbons (Fsp3) is 0.300. The van der Waals surface area contributed by atoms with Crippen LogP contribution < -0.4 is 10.6 Å². The van der Waals surface area contributed by atoms with Gasteiger partial charge in [0.1, 0.15) is 17.3 Å². The zero-order chi connectivity index (χ0) is 19.8. The standard InChI is InChI=1S/C20H23F2N3O2/c1-3-25(12-18(26)23-14(2)15-8-5-4-6-9-15)13-19(27)24-20-16(21)10-7-11-17(20)22/h4-11,14H,3,12-13H2,1-2H3,(H,23,26)(H,24,27). The predicted octanol–water partition coefficient (Wildman–Crippen LogP) is 3.10. The maximum atomic E-state index is 13.6. The van der Waals surface area contributed by atoms with Crippen LogP contribution in [0.1, 0.15) is 25.5 Å². The fourth-order valence-electron chi connectivity index (χ4n) is 2.59. The molecule has 0 aliphatic heterocycles. The lowest BCUT2D eigenvalue weighted by Crippen LogP contribution is -2.41. The van der Waals surface area contributed by atoms with E-state index in [1.54, 1.807) is 11.8 Å². The minimum Gasteiger partial charge on any atom is -0.348 e. The fourth-order valence-corrected chi connectivity index (χ4v) is 2.59. The predicted molar refractivity (Wildman–Crippen MR) is 100 cm³/mol. The van der Waals surface area contributed by atoms with Gasteiger partial charge in [0, 0.05) is 0 Å².